The quantitative estimate of drug-likeness (QED) is 0.237. The fraction of sp³-hybridized carbons (Fsp3) is 0.133. The van der Waals surface area contributed by atoms with Gasteiger partial charge in [0.2, 0.25) is 10.0 Å². The number of non-ortho nitro benzene ring substituents is 1. The molecule has 0 heterocycles. The molecule has 9 nitrogen and oxygen atoms in total. The molecule has 0 aliphatic carbocycles. The fourth-order valence-corrected chi connectivity index (χ4v) is 3.53. The molecule has 0 saturated heterocycles. The first-order valence-electron chi connectivity index (χ1n) is 7.33. The molecule has 0 aliphatic heterocycles. The van der Waals surface area contributed by atoms with E-state index in [-0.39, 0.29) is 23.7 Å². The molecule has 2 rings (SSSR count). The first-order valence-corrected chi connectivity index (χ1v) is 9.89. The van der Waals surface area contributed by atoms with Gasteiger partial charge < -0.3 is 10.6 Å². The number of nitrogens with one attached hydrogen (secondary N) is 3. The van der Waals surface area contributed by atoms with E-state index in [4.69, 9.17) is 0 Å². The molecule has 2 aromatic carbocycles. The Balaban J connectivity index is 1.85. The molecule has 138 valence electrons. The van der Waals surface area contributed by atoms with Gasteiger partial charge in [0.1, 0.15) is 0 Å². The van der Waals surface area contributed by atoms with E-state index < -0.39 is 21.0 Å². The Bertz CT molecular complexity index is 920. The average molecular weight is 490 g/mol. The Morgan fingerprint density at radius 2 is 1.85 bits per heavy atom. The van der Waals surface area contributed by atoms with Crippen LogP contribution in [0.5, 0.6) is 0 Å². The lowest BCUT2D eigenvalue weighted by Crippen LogP contribution is -2.36. The number of sulfonamides is 1. The molecule has 26 heavy (non-hydrogen) atoms. The molecule has 0 aliphatic rings. The average Bonchev–Trinajstić information content (AvgIpc) is 2.61. The highest BCUT2D eigenvalue weighted by molar-refractivity contribution is 14.1. The van der Waals surface area contributed by atoms with Crippen molar-refractivity contribution in [2.45, 2.75) is 4.90 Å². The van der Waals surface area contributed by atoms with Crippen molar-refractivity contribution >= 4 is 50.0 Å². The van der Waals surface area contributed by atoms with Crippen molar-refractivity contribution in [3.63, 3.8) is 0 Å². The number of urea groups is 1. The predicted molar refractivity (Wildman–Crippen MR) is 104 cm³/mol. The molecule has 11 heteroatoms. The molecule has 2 aromatic rings. The zero-order valence-electron chi connectivity index (χ0n) is 13.3. The number of hydrogen-bond acceptors (Lipinski definition) is 5. The largest absolute Gasteiger partial charge is 0.337 e. The summed E-state index contributed by atoms with van der Waals surface area (Å²) in [5, 5.41) is 15.9. The minimum atomic E-state index is -3.91. The maximum Gasteiger partial charge on any atom is 0.319 e. The minimum Gasteiger partial charge on any atom is -0.337 e. The number of rotatable bonds is 7. The van der Waals surface area contributed by atoms with Crippen molar-refractivity contribution < 1.29 is 18.1 Å². The number of carbonyl (C=O) groups is 1. The number of para-hydroxylation sites is 1. The third-order valence-corrected chi connectivity index (χ3v) is 5.56. The van der Waals surface area contributed by atoms with Crippen molar-refractivity contribution in [1.82, 2.24) is 10.0 Å². The molecule has 0 saturated carbocycles. The molecule has 2 amide bonds. The minimum absolute atomic E-state index is 0.0450. The Labute approximate surface area is 163 Å². The van der Waals surface area contributed by atoms with Gasteiger partial charge in [0.25, 0.3) is 5.69 Å². The second kappa shape index (κ2) is 8.91. The lowest BCUT2D eigenvalue weighted by atomic mass is 10.3. The highest BCUT2D eigenvalue weighted by Crippen LogP contribution is 2.17. The molecule has 0 aromatic heterocycles. The molecule has 0 unspecified atom stereocenters. The number of amides is 2. The Hall–Kier alpha value is -2.25. The van der Waals surface area contributed by atoms with E-state index in [1.165, 1.54) is 18.2 Å². The number of nitro groups is 1. The smallest absolute Gasteiger partial charge is 0.319 e. The summed E-state index contributed by atoms with van der Waals surface area (Å²) in [7, 11) is -3.91. The summed E-state index contributed by atoms with van der Waals surface area (Å²) in [6, 6.07) is 11.5. The van der Waals surface area contributed by atoms with Crippen molar-refractivity contribution in [3.8, 4) is 0 Å². The van der Waals surface area contributed by atoms with Crippen LogP contribution in [-0.4, -0.2) is 32.5 Å². The number of nitro benzene ring substituents is 1. The summed E-state index contributed by atoms with van der Waals surface area (Å²) in [6.07, 6.45) is 0. The van der Waals surface area contributed by atoms with E-state index >= 15 is 0 Å². The van der Waals surface area contributed by atoms with E-state index in [9.17, 15) is 23.3 Å². The number of halogens is 1. The molecular weight excluding hydrogens is 475 g/mol. The van der Waals surface area contributed by atoms with Gasteiger partial charge in [0, 0.05) is 28.8 Å². The van der Waals surface area contributed by atoms with E-state index in [0.717, 1.165) is 9.64 Å². The van der Waals surface area contributed by atoms with Crippen molar-refractivity contribution in [3.05, 3.63) is 62.2 Å². The monoisotopic (exact) mass is 490 g/mol. The summed E-state index contributed by atoms with van der Waals surface area (Å²) >= 11 is 2.08. The molecule has 0 fully saturated rings. The van der Waals surface area contributed by atoms with Gasteiger partial charge in [-0.1, -0.05) is 18.2 Å². The van der Waals surface area contributed by atoms with E-state index in [1.807, 2.05) is 12.1 Å². The van der Waals surface area contributed by atoms with Gasteiger partial charge in [-0.2, -0.15) is 0 Å². The topological polar surface area (TPSA) is 130 Å². The highest BCUT2D eigenvalue weighted by Gasteiger charge is 2.17. The normalized spacial score (nSPS) is 11.0. The Morgan fingerprint density at radius 3 is 2.54 bits per heavy atom. The van der Waals surface area contributed by atoms with Crippen molar-refractivity contribution in [1.29, 1.82) is 0 Å². The summed E-state index contributed by atoms with van der Waals surface area (Å²) in [5.41, 5.74) is 0.325. The van der Waals surface area contributed by atoms with Crippen LogP contribution in [0.3, 0.4) is 0 Å². The third kappa shape index (κ3) is 5.64. The fourth-order valence-electron chi connectivity index (χ4n) is 1.94. The molecule has 3 N–H and O–H groups in total. The Morgan fingerprint density at radius 1 is 1.12 bits per heavy atom. The zero-order valence-corrected chi connectivity index (χ0v) is 16.3. The van der Waals surface area contributed by atoms with Crippen LogP contribution in [0.1, 0.15) is 0 Å². The molecule has 0 bridgehead atoms. The number of nitrogens with zero attached hydrogens (tertiary/aromatic N) is 1. The summed E-state index contributed by atoms with van der Waals surface area (Å²) < 4.78 is 27.4. The van der Waals surface area contributed by atoms with Crippen LogP contribution in [0.15, 0.2) is 53.4 Å². The zero-order chi connectivity index (χ0) is 19.2. The van der Waals surface area contributed by atoms with Crippen LogP contribution in [0.4, 0.5) is 16.2 Å². The predicted octanol–water partition coefficient (Wildman–Crippen LogP) is 2.30. The van der Waals surface area contributed by atoms with Crippen LogP contribution in [0.25, 0.3) is 0 Å². The van der Waals surface area contributed by atoms with Crippen molar-refractivity contribution in [2.75, 3.05) is 18.4 Å². The number of anilines is 1. The Kier molecular flexibility index (Phi) is 6.88. The SMILES string of the molecule is O=C(NCCNS(=O)(=O)c1cccc([N+](=O)[O-])c1)Nc1ccccc1I. The number of benzene rings is 2. The maximum absolute atomic E-state index is 12.1. The second-order valence-corrected chi connectivity index (χ2v) is 7.94. The van der Waals surface area contributed by atoms with Crippen molar-refractivity contribution in [2.24, 2.45) is 0 Å². The van der Waals surface area contributed by atoms with Crippen LogP contribution in [0.2, 0.25) is 0 Å². The van der Waals surface area contributed by atoms with Gasteiger partial charge in [-0.15, -0.1) is 0 Å². The van der Waals surface area contributed by atoms with Crippen LogP contribution in [-0.2, 0) is 10.0 Å². The van der Waals surface area contributed by atoms with Gasteiger partial charge >= 0.3 is 6.03 Å². The second-order valence-electron chi connectivity index (χ2n) is 5.01. The number of hydrogen-bond donors (Lipinski definition) is 3. The van der Waals surface area contributed by atoms with Gasteiger partial charge in [-0.25, -0.2) is 17.9 Å². The van der Waals surface area contributed by atoms with E-state index in [2.05, 4.69) is 37.9 Å². The first-order chi connectivity index (χ1) is 12.3. The van der Waals surface area contributed by atoms with Crippen LogP contribution < -0.4 is 15.4 Å². The van der Waals surface area contributed by atoms with Gasteiger partial charge in [-0.05, 0) is 40.8 Å². The van der Waals surface area contributed by atoms with Crippen LogP contribution >= 0.6 is 22.6 Å². The van der Waals surface area contributed by atoms with Crippen LogP contribution in [0, 0.1) is 13.7 Å². The summed E-state index contributed by atoms with van der Waals surface area (Å²) in [5.74, 6) is 0. The standard InChI is InChI=1S/C15H15IN4O5S/c16-13-6-1-2-7-14(13)19-15(21)17-8-9-18-26(24,25)12-5-3-4-11(10-12)20(22)23/h1-7,10,18H,8-9H2,(H2,17,19,21). The van der Waals surface area contributed by atoms with Gasteiger partial charge in [0.15, 0.2) is 0 Å². The maximum atomic E-state index is 12.1. The lowest BCUT2D eigenvalue weighted by molar-refractivity contribution is -0.385. The molecular formula is C15H15IN4O5S. The molecule has 0 atom stereocenters. The third-order valence-electron chi connectivity index (χ3n) is 3.16. The molecule has 0 radical (unpaired) electrons. The summed E-state index contributed by atoms with van der Waals surface area (Å²) in [6.45, 7) is -0.0201. The molecule has 0 spiro atoms. The highest BCUT2D eigenvalue weighted by atomic mass is 127. The first kappa shape index (κ1) is 20.1. The number of carbonyl (C=O) groups excluding carboxylic acids is 1. The van der Waals surface area contributed by atoms with E-state index in [1.54, 1.807) is 12.1 Å². The van der Waals surface area contributed by atoms with E-state index in [0.29, 0.717) is 5.69 Å². The van der Waals surface area contributed by atoms with Gasteiger partial charge in [0.05, 0.1) is 15.5 Å². The van der Waals surface area contributed by atoms with Gasteiger partial charge in [-0.3, -0.25) is 10.1 Å². The lowest BCUT2D eigenvalue weighted by Gasteiger charge is -2.10. The summed E-state index contributed by atoms with van der Waals surface area (Å²) in [4.78, 5) is 21.6.